The van der Waals surface area contributed by atoms with Crippen LogP contribution in [0.3, 0.4) is 0 Å². The highest BCUT2D eigenvalue weighted by Crippen LogP contribution is 2.31. The summed E-state index contributed by atoms with van der Waals surface area (Å²) < 4.78 is 3.72. The number of rotatable bonds is 4. The van der Waals surface area contributed by atoms with Gasteiger partial charge in [0.15, 0.2) is 5.82 Å². The molecule has 2 aromatic heterocycles. The number of anilines is 1. The third kappa shape index (κ3) is 3.83. The molecule has 2 aliphatic rings. The molecule has 1 fully saturated rings. The Balaban J connectivity index is 1.20. The zero-order valence-electron chi connectivity index (χ0n) is 19.5. The van der Waals surface area contributed by atoms with Crippen LogP contribution in [0.15, 0.2) is 85.3 Å². The fourth-order valence-corrected chi connectivity index (χ4v) is 5.26. The highest BCUT2D eigenvalue weighted by molar-refractivity contribution is 5.99. The number of hydrogen-bond donors (Lipinski definition) is 0. The molecular formula is C28H27N5O2. The maximum absolute atomic E-state index is 13.6. The van der Waals surface area contributed by atoms with Crippen LogP contribution in [0.5, 0.6) is 0 Å². The van der Waals surface area contributed by atoms with Crippen molar-refractivity contribution in [3.8, 4) is 11.5 Å². The standard InChI is InChI=1S/C28H27N5O2/c34-27(32-19-14-21-8-4-5-11-25(21)32)22-12-17-31(18-13-22)28(35)24-20-29-33(23-9-2-1-3-10-23)26(24)30-15-6-7-16-30/h1-11,15-16,20,22H,12-14,17-19H2. The number of hydrogen-bond acceptors (Lipinski definition) is 3. The van der Waals surface area contributed by atoms with Gasteiger partial charge in [-0.05, 0) is 55.2 Å². The van der Waals surface area contributed by atoms with Gasteiger partial charge in [-0.25, -0.2) is 4.68 Å². The Bertz CT molecular complexity index is 1350. The van der Waals surface area contributed by atoms with Gasteiger partial charge in [-0.3, -0.25) is 9.59 Å². The van der Waals surface area contributed by atoms with Gasteiger partial charge < -0.3 is 14.4 Å². The lowest BCUT2D eigenvalue weighted by molar-refractivity contribution is -0.123. The number of fused-ring (bicyclic) bond motifs is 1. The molecule has 7 nitrogen and oxygen atoms in total. The monoisotopic (exact) mass is 465 g/mol. The predicted molar refractivity (Wildman–Crippen MR) is 134 cm³/mol. The van der Waals surface area contributed by atoms with Gasteiger partial charge in [0, 0.05) is 43.6 Å². The van der Waals surface area contributed by atoms with Crippen LogP contribution in [-0.4, -0.2) is 50.7 Å². The summed E-state index contributed by atoms with van der Waals surface area (Å²) >= 11 is 0. The van der Waals surface area contributed by atoms with Gasteiger partial charge in [0.1, 0.15) is 5.56 Å². The van der Waals surface area contributed by atoms with Gasteiger partial charge in [0.2, 0.25) is 5.91 Å². The first-order valence-electron chi connectivity index (χ1n) is 12.2. The number of piperidine rings is 1. The summed E-state index contributed by atoms with van der Waals surface area (Å²) in [4.78, 5) is 30.7. The van der Waals surface area contributed by atoms with E-state index in [1.54, 1.807) is 10.9 Å². The van der Waals surface area contributed by atoms with Gasteiger partial charge in [0.25, 0.3) is 5.91 Å². The van der Waals surface area contributed by atoms with Crippen LogP contribution in [-0.2, 0) is 11.2 Å². The Morgan fingerprint density at radius 3 is 2.31 bits per heavy atom. The quantitative estimate of drug-likeness (QED) is 0.456. The van der Waals surface area contributed by atoms with Crippen LogP contribution >= 0.6 is 0 Å². The SMILES string of the molecule is O=C(c1cnn(-c2ccccc2)c1-n1cccc1)N1CCC(C(=O)N2CCc3ccccc32)CC1. The predicted octanol–water partition coefficient (Wildman–Crippen LogP) is 4.10. The molecule has 2 amide bonds. The Labute approximate surface area is 204 Å². The maximum atomic E-state index is 13.6. The van der Waals surface area contributed by atoms with Crippen molar-refractivity contribution in [2.75, 3.05) is 24.5 Å². The molecular weight excluding hydrogens is 438 g/mol. The van der Waals surface area contributed by atoms with Gasteiger partial charge >= 0.3 is 0 Å². The minimum atomic E-state index is -0.0545. The van der Waals surface area contributed by atoms with E-state index in [9.17, 15) is 9.59 Å². The molecule has 1 saturated heterocycles. The van der Waals surface area contributed by atoms with Crippen LogP contribution in [0.2, 0.25) is 0 Å². The molecule has 0 N–H and O–H groups in total. The number of carbonyl (C=O) groups excluding carboxylic acids is 2. The van der Waals surface area contributed by atoms with E-state index in [1.807, 2.05) is 87.4 Å². The second kappa shape index (κ2) is 8.91. The lowest BCUT2D eigenvalue weighted by Crippen LogP contribution is -2.44. The molecule has 0 saturated carbocycles. The van der Waals surface area contributed by atoms with Gasteiger partial charge in [0.05, 0.1) is 11.9 Å². The van der Waals surface area contributed by atoms with Crippen molar-refractivity contribution in [3.63, 3.8) is 0 Å². The Morgan fingerprint density at radius 2 is 1.54 bits per heavy atom. The molecule has 6 rings (SSSR count). The summed E-state index contributed by atoms with van der Waals surface area (Å²) in [5.41, 5.74) is 3.73. The van der Waals surface area contributed by atoms with Gasteiger partial charge in [-0.1, -0.05) is 36.4 Å². The molecule has 0 unspecified atom stereocenters. The highest BCUT2D eigenvalue weighted by Gasteiger charge is 2.34. The summed E-state index contributed by atoms with van der Waals surface area (Å²) in [7, 11) is 0. The van der Waals surface area contributed by atoms with Gasteiger partial charge in [-0.2, -0.15) is 5.10 Å². The molecule has 176 valence electrons. The maximum Gasteiger partial charge on any atom is 0.259 e. The van der Waals surface area contributed by atoms with Crippen molar-refractivity contribution < 1.29 is 9.59 Å². The summed E-state index contributed by atoms with van der Waals surface area (Å²) in [6.07, 6.45) is 7.76. The zero-order chi connectivity index (χ0) is 23.8. The number of likely N-dealkylation sites (tertiary alicyclic amines) is 1. The van der Waals surface area contributed by atoms with E-state index >= 15 is 0 Å². The first-order chi connectivity index (χ1) is 17.2. The topological polar surface area (TPSA) is 63.4 Å². The first kappa shape index (κ1) is 21.4. The lowest BCUT2D eigenvalue weighted by atomic mass is 9.94. The van der Waals surface area contributed by atoms with Crippen LogP contribution < -0.4 is 4.90 Å². The highest BCUT2D eigenvalue weighted by atomic mass is 16.2. The lowest BCUT2D eigenvalue weighted by Gasteiger charge is -2.33. The number of carbonyl (C=O) groups is 2. The van der Waals surface area contributed by atoms with Crippen LogP contribution in [0.4, 0.5) is 5.69 Å². The second-order valence-electron chi connectivity index (χ2n) is 9.15. The Morgan fingerprint density at radius 1 is 0.829 bits per heavy atom. The molecule has 35 heavy (non-hydrogen) atoms. The summed E-state index contributed by atoms with van der Waals surface area (Å²) in [5.74, 6) is 0.805. The average molecular weight is 466 g/mol. The molecule has 7 heteroatoms. The number of aromatic nitrogens is 3. The molecule has 0 bridgehead atoms. The molecule has 0 aliphatic carbocycles. The molecule has 2 aromatic carbocycles. The molecule has 0 spiro atoms. The summed E-state index contributed by atoms with van der Waals surface area (Å²) in [6.45, 7) is 1.87. The summed E-state index contributed by atoms with van der Waals surface area (Å²) in [6, 6.07) is 21.8. The first-order valence-corrected chi connectivity index (χ1v) is 12.2. The summed E-state index contributed by atoms with van der Waals surface area (Å²) in [5, 5.41) is 4.56. The van der Waals surface area contributed by atoms with Crippen molar-refractivity contribution in [2.45, 2.75) is 19.3 Å². The largest absolute Gasteiger partial charge is 0.338 e. The molecule has 4 heterocycles. The van der Waals surface area contributed by atoms with E-state index in [1.165, 1.54) is 5.56 Å². The molecule has 2 aliphatic heterocycles. The average Bonchev–Trinajstić information content (AvgIpc) is 3.68. The molecule has 0 radical (unpaired) electrons. The van der Waals surface area contributed by atoms with Crippen molar-refractivity contribution >= 4 is 17.5 Å². The van der Waals surface area contributed by atoms with E-state index in [0.29, 0.717) is 31.5 Å². The fourth-order valence-electron chi connectivity index (χ4n) is 5.26. The van der Waals surface area contributed by atoms with E-state index in [-0.39, 0.29) is 17.7 Å². The minimum absolute atomic E-state index is 0.0479. The van der Waals surface area contributed by atoms with Crippen LogP contribution in [0.1, 0.15) is 28.8 Å². The Hall–Kier alpha value is -4.13. The number of amides is 2. The number of nitrogens with zero attached hydrogens (tertiary/aromatic N) is 5. The zero-order valence-corrected chi connectivity index (χ0v) is 19.5. The second-order valence-corrected chi connectivity index (χ2v) is 9.15. The van der Waals surface area contributed by atoms with Crippen LogP contribution in [0.25, 0.3) is 11.5 Å². The van der Waals surface area contributed by atoms with Gasteiger partial charge in [-0.15, -0.1) is 0 Å². The molecule has 0 atom stereocenters. The van der Waals surface area contributed by atoms with Crippen molar-refractivity contribution in [1.82, 2.24) is 19.2 Å². The molecule has 4 aromatic rings. The van der Waals surface area contributed by atoms with E-state index < -0.39 is 0 Å². The van der Waals surface area contributed by atoms with Crippen molar-refractivity contribution in [2.24, 2.45) is 5.92 Å². The van der Waals surface area contributed by atoms with Crippen molar-refractivity contribution in [3.05, 3.63) is 96.4 Å². The van der Waals surface area contributed by atoms with E-state index in [2.05, 4.69) is 11.2 Å². The number of para-hydroxylation sites is 2. The van der Waals surface area contributed by atoms with E-state index in [4.69, 9.17) is 0 Å². The normalized spacial score (nSPS) is 15.9. The smallest absolute Gasteiger partial charge is 0.259 e. The van der Waals surface area contributed by atoms with Crippen LogP contribution in [0, 0.1) is 5.92 Å². The van der Waals surface area contributed by atoms with E-state index in [0.717, 1.165) is 30.2 Å². The van der Waals surface area contributed by atoms with Crippen molar-refractivity contribution in [1.29, 1.82) is 0 Å². The Kier molecular flexibility index (Phi) is 5.45. The third-order valence-corrected chi connectivity index (χ3v) is 7.11. The fraction of sp³-hybridized carbons (Fsp3) is 0.250. The number of benzene rings is 2. The minimum Gasteiger partial charge on any atom is -0.338 e. The third-order valence-electron chi connectivity index (χ3n) is 7.11.